The fourth-order valence-corrected chi connectivity index (χ4v) is 10.1. The van der Waals surface area contributed by atoms with E-state index in [-0.39, 0.29) is 0 Å². The van der Waals surface area contributed by atoms with E-state index in [1.165, 1.54) is 156 Å². The molecule has 0 N–H and O–H groups in total. The van der Waals surface area contributed by atoms with Crippen molar-refractivity contribution in [3.8, 4) is 0 Å². The molecule has 0 saturated heterocycles. The average molecular weight is 597 g/mol. The topological polar surface area (TPSA) is 0 Å². The van der Waals surface area contributed by atoms with E-state index in [9.17, 15) is 0 Å². The summed E-state index contributed by atoms with van der Waals surface area (Å²) in [5.41, 5.74) is 3.17. The minimum absolute atomic E-state index is 0.553. The lowest BCUT2D eigenvalue weighted by Crippen LogP contribution is -2.01. The summed E-state index contributed by atoms with van der Waals surface area (Å²) in [5.74, 6) is 1.48. The Morgan fingerprint density at radius 1 is 0.302 bits per heavy atom. The standard InChI is InChI=1S/C42H60S/c1-3-7-11-16-22-36(23-17-12-8-4-1)38-28-32-41(33-29-38)43(40-26-20-15-21-27-40)42-34-30-39(31-35-42)37-24-18-13-9-5-2-6-10-14-19-25-37/h15,20-21,26-37,43H,1-14,16-19,22-25H2. The third-order valence-electron chi connectivity index (χ3n) is 10.5. The average Bonchev–Trinajstić information content (AvgIpc) is 3.03. The Labute approximate surface area is 267 Å². The smallest absolute Gasteiger partial charge is 0.00450 e. The SMILES string of the molecule is c1ccc([SH](c2ccc(C3CCCCCCCCCCC3)cc2)c2ccc(C3CCCCCCCCCCC3)cc2)cc1. The number of rotatable bonds is 5. The van der Waals surface area contributed by atoms with Crippen LogP contribution in [0.5, 0.6) is 0 Å². The van der Waals surface area contributed by atoms with Crippen molar-refractivity contribution in [2.75, 3.05) is 0 Å². The Kier molecular flexibility index (Phi) is 14.1. The molecule has 0 aliphatic heterocycles. The second kappa shape index (κ2) is 18.7. The van der Waals surface area contributed by atoms with E-state index < -0.39 is 10.9 Å². The molecule has 2 fully saturated rings. The Morgan fingerprint density at radius 2 is 0.581 bits per heavy atom. The third kappa shape index (κ3) is 10.6. The van der Waals surface area contributed by atoms with Gasteiger partial charge < -0.3 is 0 Å². The van der Waals surface area contributed by atoms with Crippen LogP contribution in [0.3, 0.4) is 0 Å². The fourth-order valence-electron chi connectivity index (χ4n) is 7.81. The zero-order valence-electron chi connectivity index (χ0n) is 27.2. The molecular weight excluding hydrogens is 537 g/mol. The molecule has 0 unspecified atom stereocenters. The highest BCUT2D eigenvalue weighted by molar-refractivity contribution is 8.17. The van der Waals surface area contributed by atoms with Crippen molar-refractivity contribution in [3.63, 3.8) is 0 Å². The molecule has 3 aromatic rings. The van der Waals surface area contributed by atoms with Crippen LogP contribution >= 0.6 is 10.9 Å². The molecule has 43 heavy (non-hydrogen) atoms. The molecule has 0 heterocycles. The lowest BCUT2D eigenvalue weighted by atomic mass is 9.87. The molecule has 1 heteroatoms. The Bertz CT molecular complexity index is 1030. The molecule has 0 radical (unpaired) electrons. The van der Waals surface area contributed by atoms with Gasteiger partial charge in [0, 0.05) is 0 Å². The molecular formula is C42H60S. The van der Waals surface area contributed by atoms with Crippen LogP contribution in [0.4, 0.5) is 0 Å². The molecule has 2 aliphatic rings. The molecule has 0 nitrogen and oxygen atoms in total. The molecule has 0 aromatic heterocycles. The first-order valence-electron chi connectivity index (χ1n) is 18.4. The summed E-state index contributed by atoms with van der Waals surface area (Å²) in [4.78, 5) is 4.46. The van der Waals surface area contributed by atoms with Crippen LogP contribution in [0, 0.1) is 0 Å². The van der Waals surface area contributed by atoms with Crippen molar-refractivity contribution in [1.82, 2.24) is 0 Å². The predicted molar refractivity (Wildman–Crippen MR) is 190 cm³/mol. The van der Waals surface area contributed by atoms with Gasteiger partial charge in [-0.25, -0.2) is 0 Å². The van der Waals surface area contributed by atoms with E-state index >= 15 is 0 Å². The zero-order valence-corrected chi connectivity index (χ0v) is 28.1. The highest BCUT2D eigenvalue weighted by Gasteiger charge is 2.18. The number of hydrogen-bond donors (Lipinski definition) is 1. The first-order valence-corrected chi connectivity index (χ1v) is 19.8. The predicted octanol–water partition coefficient (Wildman–Crippen LogP) is 13.9. The quantitative estimate of drug-likeness (QED) is 0.278. The van der Waals surface area contributed by atoms with Crippen LogP contribution in [0.25, 0.3) is 0 Å². The van der Waals surface area contributed by atoms with Crippen molar-refractivity contribution in [3.05, 3.63) is 90.0 Å². The molecule has 3 aromatic carbocycles. The Hall–Kier alpha value is -1.99. The largest absolute Gasteiger partial charge is 0.173 e. The van der Waals surface area contributed by atoms with E-state index in [0.717, 1.165) is 11.8 Å². The maximum absolute atomic E-state index is 2.50. The van der Waals surface area contributed by atoms with E-state index in [0.29, 0.717) is 0 Å². The molecule has 2 saturated carbocycles. The van der Waals surface area contributed by atoms with Gasteiger partial charge in [-0.3, -0.25) is 0 Å². The fraction of sp³-hybridized carbons (Fsp3) is 0.571. The maximum Gasteiger partial charge on any atom is -0.00450 e. The van der Waals surface area contributed by atoms with Gasteiger partial charge >= 0.3 is 0 Å². The summed E-state index contributed by atoms with van der Waals surface area (Å²) in [5, 5.41) is 0. The van der Waals surface area contributed by atoms with E-state index in [2.05, 4.69) is 78.9 Å². The lowest BCUT2D eigenvalue weighted by molar-refractivity contribution is 0.467. The molecule has 0 bridgehead atoms. The molecule has 0 atom stereocenters. The second-order valence-corrected chi connectivity index (χ2v) is 16.0. The van der Waals surface area contributed by atoms with E-state index in [4.69, 9.17) is 0 Å². The van der Waals surface area contributed by atoms with Gasteiger partial charge in [-0.2, -0.15) is 10.9 Å². The Balaban J connectivity index is 1.32. The molecule has 234 valence electrons. The van der Waals surface area contributed by atoms with Crippen LogP contribution in [0.2, 0.25) is 0 Å². The summed E-state index contributed by atoms with van der Waals surface area (Å²) in [6.45, 7) is 0. The Morgan fingerprint density at radius 3 is 0.907 bits per heavy atom. The summed E-state index contributed by atoms with van der Waals surface area (Å²) < 4.78 is 0. The first-order chi connectivity index (χ1) is 21.4. The van der Waals surface area contributed by atoms with Crippen molar-refractivity contribution in [2.45, 2.75) is 168 Å². The van der Waals surface area contributed by atoms with Gasteiger partial charge in [0.25, 0.3) is 0 Å². The van der Waals surface area contributed by atoms with Crippen LogP contribution in [0.1, 0.15) is 164 Å². The van der Waals surface area contributed by atoms with Crippen LogP contribution in [0.15, 0.2) is 93.5 Å². The molecule has 0 amide bonds. The lowest BCUT2D eigenvalue weighted by Gasteiger charge is -2.26. The second-order valence-electron chi connectivity index (χ2n) is 13.8. The highest BCUT2D eigenvalue weighted by Crippen LogP contribution is 2.51. The normalized spacial score (nSPS) is 20.1. The van der Waals surface area contributed by atoms with Crippen molar-refractivity contribution in [2.24, 2.45) is 0 Å². The summed E-state index contributed by atoms with van der Waals surface area (Å²) >= 11 is 0. The van der Waals surface area contributed by atoms with Gasteiger partial charge in [0.1, 0.15) is 0 Å². The number of hydrogen-bond acceptors (Lipinski definition) is 0. The summed E-state index contributed by atoms with van der Waals surface area (Å²) in [6, 6.07) is 31.3. The van der Waals surface area contributed by atoms with Crippen LogP contribution < -0.4 is 0 Å². The number of benzene rings is 3. The van der Waals surface area contributed by atoms with Gasteiger partial charge in [0.2, 0.25) is 0 Å². The first kappa shape index (κ1) is 32.4. The van der Waals surface area contributed by atoms with E-state index in [1.807, 2.05) is 0 Å². The maximum atomic E-state index is 2.50. The minimum Gasteiger partial charge on any atom is -0.173 e. The van der Waals surface area contributed by atoms with Crippen molar-refractivity contribution >= 4 is 10.9 Å². The molecule has 2 aliphatic carbocycles. The van der Waals surface area contributed by atoms with Crippen molar-refractivity contribution < 1.29 is 0 Å². The number of thiol groups is 1. The monoisotopic (exact) mass is 596 g/mol. The van der Waals surface area contributed by atoms with Gasteiger partial charge in [0.15, 0.2) is 0 Å². The summed E-state index contributed by atoms with van der Waals surface area (Å²) in [7, 11) is -0.553. The minimum atomic E-state index is -0.553. The van der Waals surface area contributed by atoms with Crippen molar-refractivity contribution in [1.29, 1.82) is 0 Å². The third-order valence-corrected chi connectivity index (χ3v) is 12.9. The van der Waals surface area contributed by atoms with Crippen LogP contribution in [-0.4, -0.2) is 0 Å². The molecule has 5 rings (SSSR count). The van der Waals surface area contributed by atoms with Gasteiger partial charge in [-0.05, 0) is 99.7 Å². The van der Waals surface area contributed by atoms with Crippen LogP contribution in [-0.2, 0) is 0 Å². The van der Waals surface area contributed by atoms with E-state index in [1.54, 1.807) is 11.1 Å². The zero-order chi connectivity index (χ0) is 29.4. The van der Waals surface area contributed by atoms with Gasteiger partial charge in [0.05, 0.1) is 0 Å². The van der Waals surface area contributed by atoms with Gasteiger partial charge in [-0.15, -0.1) is 0 Å². The highest BCUT2D eigenvalue weighted by atomic mass is 32.2. The summed E-state index contributed by atoms with van der Waals surface area (Å²) in [6.07, 6.45) is 31.2. The van der Waals surface area contributed by atoms with Gasteiger partial charge in [-0.1, -0.05) is 158 Å². The molecule has 0 spiro atoms.